The van der Waals surface area contributed by atoms with E-state index in [0.717, 1.165) is 0 Å². The zero-order valence-electron chi connectivity index (χ0n) is 9.04. The maximum atomic E-state index is 6.02. The summed E-state index contributed by atoms with van der Waals surface area (Å²) in [5.74, 6) is 1.72. The van der Waals surface area contributed by atoms with Gasteiger partial charge in [-0.3, -0.25) is 0 Å². The molecule has 0 amide bonds. The molecule has 4 heteroatoms. The van der Waals surface area contributed by atoms with Crippen molar-refractivity contribution in [2.75, 3.05) is 7.11 Å². The summed E-state index contributed by atoms with van der Waals surface area (Å²) in [5.41, 5.74) is 0. The Labute approximate surface area is 110 Å². The van der Waals surface area contributed by atoms with Gasteiger partial charge in [0.15, 0.2) is 0 Å². The molecule has 0 aromatic heterocycles. The van der Waals surface area contributed by atoms with E-state index in [-0.39, 0.29) is 0 Å². The summed E-state index contributed by atoms with van der Waals surface area (Å²) >= 11 is 11.9. The van der Waals surface area contributed by atoms with Crippen LogP contribution in [0.2, 0.25) is 10.0 Å². The predicted molar refractivity (Wildman–Crippen MR) is 68.4 cm³/mol. The average Bonchev–Trinajstić information content (AvgIpc) is 2.35. The van der Waals surface area contributed by atoms with Crippen molar-refractivity contribution in [3.8, 4) is 17.2 Å². The monoisotopic (exact) mass is 267 g/mol. The highest BCUT2D eigenvalue weighted by Crippen LogP contribution is 2.35. The zero-order valence-corrected chi connectivity index (χ0v) is 10.5. The number of hydrogen-bond acceptors (Lipinski definition) is 2. The van der Waals surface area contributed by atoms with E-state index in [9.17, 15) is 0 Å². The summed E-state index contributed by atoms with van der Waals surface area (Å²) in [6.07, 6.45) is 0. The topological polar surface area (TPSA) is 18.5 Å². The molecule has 1 radical (unpaired) electrons. The summed E-state index contributed by atoms with van der Waals surface area (Å²) in [6.45, 7) is 0. The van der Waals surface area contributed by atoms with E-state index in [1.54, 1.807) is 43.5 Å². The maximum absolute atomic E-state index is 6.02. The van der Waals surface area contributed by atoms with Crippen LogP contribution in [0.15, 0.2) is 36.4 Å². The van der Waals surface area contributed by atoms with Crippen molar-refractivity contribution in [3.05, 3.63) is 52.5 Å². The standard InChI is InChI=1S/C13H9Cl2O2/c1-16-9-4-2-5-10(8-9)17-12-7-3-6-11(14)13(12)15/h2-3,5-8H,1H3. The highest BCUT2D eigenvalue weighted by atomic mass is 35.5. The Hall–Kier alpha value is -1.38. The lowest BCUT2D eigenvalue weighted by molar-refractivity contribution is 0.408. The second kappa shape index (κ2) is 5.30. The van der Waals surface area contributed by atoms with E-state index in [1.807, 2.05) is 0 Å². The van der Waals surface area contributed by atoms with Crippen LogP contribution in [0.1, 0.15) is 0 Å². The van der Waals surface area contributed by atoms with Crippen molar-refractivity contribution in [1.29, 1.82) is 0 Å². The molecule has 0 bridgehead atoms. The fraction of sp³-hybridized carbons (Fsp3) is 0.0769. The quantitative estimate of drug-likeness (QED) is 0.810. The van der Waals surface area contributed by atoms with Gasteiger partial charge >= 0.3 is 0 Å². The van der Waals surface area contributed by atoms with E-state index < -0.39 is 0 Å². The maximum Gasteiger partial charge on any atom is 0.147 e. The van der Waals surface area contributed by atoms with Crippen molar-refractivity contribution in [3.63, 3.8) is 0 Å². The molecule has 0 N–H and O–H groups in total. The molecule has 0 atom stereocenters. The van der Waals surface area contributed by atoms with Crippen LogP contribution in [0, 0.1) is 6.07 Å². The number of methoxy groups -OCH3 is 1. The van der Waals surface area contributed by atoms with Crippen LogP contribution in [0.4, 0.5) is 0 Å². The third kappa shape index (κ3) is 2.84. The number of ether oxygens (including phenoxy) is 2. The highest BCUT2D eigenvalue weighted by molar-refractivity contribution is 6.42. The van der Waals surface area contributed by atoms with Crippen molar-refractivity contribution in [2.24, 2.45) is 0 Å². The van der Waals surface area contributed by atoms with Crippen LogP contribution in [0.25, 0.3) is 0 Å². The highest BCUT2D eigenvalue weighted by Gasteiger charge is 2.06. The molecular formula is C13H9Cl2O2. The Bertz CT molecular complexity index is 527. The molecule has 0 aliphatic rings. The van der Waals surface area contributed by atoms with E-state index in [2.05, 4.69) is 6.07 Å². The van der Waals surface area contributed by atoms with E-state index in [4.69, 9.17) is 32.7 Å². The molecule has 87 valence electrons. The minimum atomic E-state index is 0.390. The summed E-state index contributed by atoms with van der Waals surface area (Å²) in [5, 5.41) is 0.847. The zero-order chi connectivity index (χ0) is 12.3. The van der Waals surface area contributed by atoms with Gasteiger partial charge in [0.2, 0.25) is 0 Å². The molecule has 2 aromatic rings. The molecule has 0 spiro atoms. The van der Waals surface area contributed by atoms with Crippen molar-refractivity contribution < 1.29 is 9.47 Å². The predicted octanol–water partition coefficient (Wildman–Crippen LogP) is 4.59. The molecule has 2 nitrogen and oxygen atoms in total. The van der Waals surface area contributed by atoms with E-state index in [1.165, 1.54) is 0 Å². The van der Waals surface area contributed by atoms with Gasteiger partial charge in [-0.25, -0.2) is 0 Å². The first-order valence-corrected chi connectivity index (χ1v) is 5.64. The number of benzene rings is 2. The number of halogens is 2. The molecule has 0 saturated carbocycles. The van der Waals surface area contributed by atoms with E-state index >= 15 is 0 Å². The molecule has 0 aliphatic carbocycles. The summed E-state index contributed by atoms with van der Waals surface area (Å²) < 4.78 is 10.7. The molecule has 0 aliphatic heterocycles. The fourth-order valence-electron chi connectivity index (χ4n) is 1.30. The lowest BCUT2D eigenvalue weighted by Crippen LogP contribution is -1.87. The Morgan fingerprint density at radius 1 is 1.18 bits per heavy atom. The van der Waals surface area contributed by atoms with Crippen molar-refractivity contribution in [1.82, 2.24) is 0 Å². The molecule has 0 heterocycles. The van der Waals surface area contributed by atoms with Crippen LogP contribution in [-0.2, 0) is 0 Å². The Morgan fingerprint density at radius 2 is 2.00 bits per heavy atom. The van der Waals surface area contributed by atoms with Gasteiger partial charge in [-0.15, -0.1) is 0 Å². The molecule has 0 unspecified atom stereocenters. The summed E-state index contributed by atoms with van der Waals surface area (Å²) in [7, 11) is 1.57. The lowest BCUT2D eigenvalue weighted by Gasteiger charge is -2.09. The molecular weight excluding hydrogens is 259 g/mol. The van der Waals surface area contributed by atoms with Crippen LogP contribution in [0.3, 0.4) is 0 Å². The number of hydrogen-bond donors (Lipinski definition) is 0. The first-order chi connectivity index (χ1) is 8.20. The largest absolute Gasteiger partial charge is 0.496 e. The first kappa shape index (κ1) is 12.1. The lowest BCUT2D eigenvalue weighted by atomic mass is 10.3. The van der Waals surface area contributed by atoms with Crippen LogP contribution >= 0.6 is 23.2 Å². The fourth-order valence-corrected chi connectivity index (χ4v) is 1.63. The second-order valence-electron chi connectivity index (χ2n) is 3.25. The van der Waals surface area contributed by atoms with Crippen LogP contribution in [-0.4, -0.2) is 7.11 Å². The minimum Gasteiger partial charge on any atom is -0.496 e. The third-order valence-corrected chi connectivity index (χ3v) is 2.91. The van der Waals surface area contributed by atoms with Gasteiger partial charge in [-0.05, 0) is 24.3 Å². The second-order valence-corrected chi connectivity index (χ2v) is 4.03. The third-order valence-electron chi connectivity index (χ3n) is 2.11. The van der Waals surface area contributed by atoms with Gasteiger partial charge in [0.1, 0.15) is 22.3 Å². The van der Waals surface area contributed by atoms with Crippen LogP contribution in [0.5, 0.6) is 17.2 Å². The Kier molecular flexibility index (Phi) is 3.77. The molecule has 2 rings (SSSR count). The Morgan fingerprint density at radius 3 is 2.76 bits per heavy atom. The first-order valence-electron chi connectivity index (χ1n) is 4.88. The average molecular weight is 268 g/mol. The molecule has 17 heavy (non-hydrogen) atoms. The van der Waals surface area contributed by atoms with Gasteiger partial charge in [0.25, 0.3) is 0 Å². The van der Waals surface area contributed by atoms with Crippen molar-refractivity contribution >= 4 is 23.2 Å². The minimum absolute atomic E-state index is 0.390. The molecule has 0 saturated heterocycles. The van der Waals surface area contributed by atoms with Gasteiger partial charge in [0, 0.05) is 12.1 Å². The Balaban J connectivity index is 2.28. The number of rotatable bonds is 3. The van der Waals surface area contributed by atoms with Gasteiger partial charge in [-0.1, -0.05) is 29.3 Å². The molecule has 0 fully saturated rings. The SMILES string of the molecule is COc1[c]ccc(Oc2cccc(Cl)c2Cl)c1. The van der Waals surface area contributed by atoms with Crippen molar-refractivity contribution in [2.45, 2.75) is 0 Å². The van der Waals surface area contributed by atoms with E-state index in [0.29, 0.717) is 27.3 Å². The van der Waals surface area contributed by atoms with Gasteiger partial charge < -0.3 is 9.47 Å². The van der Waals surface area contributed by atoms with Gasteiger partial charge in [-0.2, -0.15) is 0 Å². The normalized spacial score (nSPS) is 10.1. The van der Waals surface area contributed by atoms with Gasteiger partial charge in [0.05, 0.1) is 12.1 Å². The molecule has 2 aromatic carbocycles. The van der Waals surface area contributed by atoms with Crippen LogP contribution < -0.4 is 9.47 Å². The smallest absolute Gasteiger partial charge is 0.147 e. The summed E-state index contributed by atoms with van der Waals surface area (Å²) in [4.78, 5) is 0. The summed E-state index contributed by atoms with van der Waals surface area (Å²) in [6, 6.07) is 13.3.